The molecule has 3 fully saturated rings. The largest absolute Gasteiger partial charge is 0.472 e. The van der Waals surface area contributed by atoms with E-state index in [1.807, 2.05) is 0 Å². The summed E-state index contributed by atoms with van der Waals surface area (Å²) in [6.07, 6.45) is -8.39. The highest BCUT2D eigenvalue weighted by Gasteiger charge is 2.64. The highest BCUT2D eigenvalue weighted by molar-refractivity contribution is 7.91. The van der Waals surface area contributed by atoms with Gasteiger partial charge in [0.05, 0.1) is 11.3 Å². The van der Waals surface area contributed by atoms with Crippen molar-refractivity contribution in [3.8, 4) is 5.88 Å². The zero-order chi connectivity index (χ0) is 41.1. The second-order valence-corrected chi connectivity index (χ2v) is 18.2. The van der Waals surface area contributed by atoms with Crippen molar-refractivity contribution in [3.63, 3.8) is 0 Å². The molecule has 306 valence electrons. The Hall–Kier alpha value is -4.10. The number of carboxylic acid groups (broad SMARTS) is 1. The third-order valence-electron chi connectivity index (χ3n) is 11.3. The molecule has 13 nitrogen and oxygen atoms in total. The van der Waals surface area contributed by atoms with Gasteiger partial charge in [-0.05, 0) is 83.3 Å². The van der Waals surface area contributed by atoms with Gasteiger partial charge in [0.25, 0.3) is 5.91 Å². The Kier molecular flexibility index (Phi) is 11.0. The molecule has 0 unspecified atom stereocenters. The number of rotatable bonds is 7. The Morgan fingerprint density at radius 1 is 1.11 bits per heavy atom. The second-order valence-electron chi connectivity index (χ2n) is 16.0. The summed E-state index contributed by atoms with van der Waals surface area (Å²) in [6, 6.07) is -2.07. The monoisotopic (exact) mass is 809 g/mol. The molecule has 55 heavy (non-hydrogen) atoms. The number of fused-ring (bicyclic) bond motifs is 2. The van der Waals surface area contributed by atoms with Crippen LogP contribution in [0.5, 0.6) is 5.88 Å². The van der Waals surface area contributed by atoms with Gasteiger partial charge in [-0.2, -0.15) is 26.3 Å². The van der Waals surface area contributed by atoms with Gasteiger partial charge in [-0.3, -0.25) is 24.0 Å². The van der Waals surface area contributed by atoms with Crippen molar-refractivity contribution in [3.05, 3.63) is 36.0 Å². The van der Waals surface area contributed by atoms with E-state index >= 15 is 0 Å². The molecule has 4 aliphatic rings. The Bertz CT molecular complexity index is 1830. The number of ether oxygens (including phenoxy) is 1. The van der Waals surface area contributed by atoms with E-state index in [2.05, 4.69) is 15.0 Å². The van der Waals surface area contributed by atoms with Gasteiger partial charge in [-0.15, -0.1) is 0 Å². The number of halogens is 6. The quantitative estimate of drug-likeness (QED) is 0.252. The molecule has 7 atom stereocenters. The number of hydrogen-bond donors (Lipinski definition) is 3. The van der Waals surface area contributed by atoms with E-state index in [0.29, 0.717) is 45.6 Å². The van der Waals surface area contributed by atoms with Gasteiger partial charge in [0.2, 0.25) is 27.7 Å². The molecule has 0 bridgehead atoms. The first-order chi connectivity index (χ1) is 25.3. The maximum Gasteiger partial charge on any atom is 0.421 e. The van der Waals surface area contributed by atoms with Gasteiger partial charge in [-0.1, -0.05) is 26.0 Å². The molecular formula is C35H45F6N5O8S. The number of sulfonamides is 1. The number of carbonyl (C=O) groups is 4. The molecule has 4 amide bonds. The summed E-state index contributed by atoms with van der Waals surface area (Å²) >= 11 is 0. The highest BCUT2D eigenvalue weighted by Crippen LogP contribution is 2.48. The smallest absolute Gasteiger partial charge is 0.421 e. The lowest BCUT2D eigenvalue weighted by atomic mass is 9.85. The van der Waals surface area contributed by atoms with Crippen LogP contribution in [0.15, 0.2) is 30.5 Å². The molecule has 20 heteroatoms. The summed E-state index contributed by atoms with van der Waals surface area (Å²) in [4.78, 5) is 60.0. The first-order valence-electron chi connectivity index (χ1n) is 17.9. The molecule has 3 heterocycles. The van der Waals surface area contributed by atoms with E-state index in [9.17, 15) is 59.0 Å². The van der Waals surface area contributed by atoms with Crippen LogP contribution in [0.4, 0.5) is 31.1 Å². The van der Waals surface area contributed by atoms with Crippen molar-refractivity contribution in [2.75, 3.05) is 6.54 Å². The Balaban J connectivity index is 1.59. The van der Waals surface area contributed by atoms with Crippen molar-refractivity contribution in [1.29, 1.82) is 0 Å². The van der Waals surface area contributed by atoms with Crippen LogP contribution in [-0.2, 0) is 30.6 Å². The summed E-state index contributed by atoms with van der Waals surface area (Å²) in [5, 5.41) is 12.9. The lowest BCUT2D eigenvalue weighted by molar-refractivity contribution is -0.222. The summed E-state index contributed by atoms with van der Waals surface area (Å²) in [6.45, 7) is 5.13. The SMILES string of the molecule is C[C@@H]1CCC=C[C@@H]2C[C@@]2(C(=O)NS(=O)(=O)C2(C)CC2)NC(=O)[C@@H]2C[C@@H](Oc3ncccc3C(F)(F)F)CN2C(=O)[C@@H](N(C(=O)O)C(C)(C)C(F)(F)F)[C@H](C)C1. The number of aromatic nitrogens is 1. The first-order valence-corrected chi connectivity index (χ1v) is 19.4. The summed E-state index contributed by atoms with van der Waals surface area (Å²) in [5.74, 6) is -6.34. The van der Waals surface area contributed by atoms with Crippen LogP contribution in [0.1, 0.15) is 85.1 Å². The van der Waals surface area contributed by atoms with Crippen LogP contribution in [-0.4, -0.2) is 98.9 Å². The Morgan fingerprint density at radius 2 is 1.76 bits per heavy atom. The Labute approximate surface area is 314 Å². The maximum atomic E-state index is 14.7. The van der Waals surface area contributed by atoms with Gasteiger partial charge >= 0.3 is 18.4 Å². The van der Waals surface area contributed by atoms with Crippen molar-refractivity contribution in [1.82, 2.24) is 24.8 Å². The highest BCUT2D eigenvalue weighted by atomic mass is 32.2. The van der Waals surface area contributed by atoms with E-state index in [1.165, 1.54) is 13.8 Å². The lowest BCUT2D eigenvalue weighted by Gasteiger charge is -2.45. The summed E-state index contributed by atoms with van der Waals surface area (Å²) < 4.78 is 118. The fourth-order valence-corrected chi connectivity index (χ4v) is 8.75. The van der Waals surface area contributed by atoms with Crippen LogP contribution in [0.25, 0.3) is 0 Å². The molecule has 1 aromatic heterocycles. The van der Waals surface area contributed by atoms with Crippen LogP contribution in [0, 0.1) is 17.8 Å². The third kappa shape index (κ3) is 8.24. The van der Waals surface area contributed by atoms with E-state index < -0.39 is 116 Å². The van der Waals surface area contributed by atoms with Gasteiger partial charge in [0.1, 0.15) is 34.8 Å². The molecule has 1 saturated heterocycles. The normalized spacial score (nSPS) is 30.2. The van der Waals surface area contributed by atoms with Gasteiger partial charge < -0.3 is 20.1 Å². The topological polar surface area (TPSA) is 175 Å². The predicted octanol–water partition coefficient (Wildman–Crippen LogP) is 5.02. The summed E-state index contributed by atoms with van der Waals surface area (Å²) in [5.41, 5.74) is -6.26. The van der Waals surface area contributed by atoms with E-state index in [-0.39, 0.29) is 23.7 Å². The van der Waals surface area contributed by atoms with Crippen molar-refractivity contribution in [2.24, 2.45) is 17.8 Å². The van der Waals surface area contributed by atoms with Crippen LogP contribution in [0.3, 0.4) is 0 Å². The van der Waals surface area contributed by atoms with E-state index in [1.54, 1.807) is 19.1 Å². The van der Waals surface area contributed by atoms with Crippen molar-refractivity contribution in [2.45, 2.75) is 126 Å². The fourth-order valence-electron chi connectivity index (χ4n) is 7.44. The minimum absolute atomic E-state index is 0.00352. The third-order valence-corrected chi connectivity index (χ3v) is 13.5. The molecule has 0 radical (unpaired) electrons. The molecule has 1 aromatic rings. The molecule has 2 aliphatic heterocycles. The maximum absolute atomic E-state index is 14.7. The average Bonchev–Trinajstić information content (AvgIpc) is 3.94. The number of pyridine rings is 1. The minimum atomic E-state index is -5.18. The van der Waals surface area contributed by atoms with Crippen molar-refractivity contribution < 1.29 is 63.8 Å². The second kappa shape index (κ2) is 14.4. The molecule has 0 spiro atoms. The molecule has 0 aromatic carbocycles. The number of nitrogens with zero attached hydrogens (tertiary/aromatic N) is 3. The van der Waals surface area contributed by atoms with Gasteiger partial charge in [-0.25, -0.2) is 18.2 Å². The molecule has 3 N–H and O–H groups in total. The predicted molar refractivity (Wildman–Crippen MR) is 183 cm³/mol. The van der Waals surface area contributed by atoms with Crippen LogP contribution in [0.2, 0.25) is 0 Å². The Morgan fingerprint density at radius 3 is 2.35 bits per heavy atom. The number of hydrogen-bond acceptors (Lipinski definition) is 8. The zero-order valence-electron chi connectivity index (χ0n) is 30.8. The lowest BCUT2D eigenvalue weighted by Crippen LogP contribution is -2.66. The van der Waals surface area contributed by atoms with Crippen LogP contribution < -0.4 is 14.8 Å². The van der Waals surface area contributed by atoms with Gasteiger partial charge in [0, 0.05) is 18.5 Å². The minimum Gasteiger partial charge on any atom is -0.472 e. The molecule has 2 aliphatic carbocycles. The van der Waals surface area contributed by atoms with Crippen molar-refractivity contribution >= 4 is 33.8 Å². The van der Waals surface area contributed by atoms with Gasteiger partial charge in [0.15, 0.2) is 0 Å². The number of carbonyl (C=O) groups excluding carboxylic acids is 3. The molecular weight excluding hydrogens is 764 g/mol. The number of amides is 4. The molecule has 5 rings (SSSR count). The number of allylic oxidation sites excluding steroid dienone is 1. The van der Waals surface area contributed by atoms with E-state index in [0.717, 1.165) is 17.2 Å². The van der Waals surface area contributed by atoms with Crippen LogP contribution >= 0.6 is 0 Å². The summed E-state index contributed by atoms with van der Waals surface area (Å²) in [7, 11) is -4.19. The number of alkyl halides is 6. The number of nitrogens with one attached hydrogen (secondary N) is 2. The standard InChI is InChI=1S/C35H45F6N5O8S/c1-19-9-6-7-10-21-17-33(21,29(49)44-55(52,53)32(5)12-13-32)43-26(47)24-16-22(54-27-23(34(36,37)38)11-8-14-42-27)18-45(24)28(48)25(20(2)15-19)46(30(50)51)31(3,4)35(39,40)41/h7-8,10-11,14,19-22,24-25H,6,9,12-13,15-18H2,1-5H3,(H,43,47)(H,44,49)(H,50,51)/t19-,20-,21-,22-,24+,25+,33-/m1/s1. The fraction of sp³-hybridized carbons (Fsp3) is 0.686. The first kappa shape index (κ1) is 42.1. The molecule has 2 saturated carbocycles. The van der Waals surface area contributed by atoms with E-state index in [4.69, 9.17) is 4.74 Å². The average molecular weight is 810 g/mol. The zero-order valence-corrected chi connectivity index (χ0v) is 31.6.